The summed E-state index contributed by atoms with van der Waals surface area (Å²) in [5.41, 5.74) is 0.203. The first-order valence-corrected chi connectivity index (χ1v) is 13.3. The lowest BCUT2D eigenvalue weighted by Gasteiger charge is -2.35. The quantitative estimate of drug-likeness (QED) is 0.493. The number of rotatable bonds is 11. The van der Waals surface area contributed by atoms with E-state index in [2.05, 4.69) is 5.32 Å². The van der Waals surface area contributed by atoms with Crippen molar-refractivity contribution in [1.29, 1.82) is 0 Å². The number of nitrogens with one attached hydrogen (secondary N) is 1. The molecule has 2 amide bonds. The molecule has 0 aliphatic heterocycles. The number of amides is 2. The summed E-state index contributed by atoms with van der Waals surface area (Å²) < 4.78 is 42.6. The molecule has 0 bridgehead atoms. The molecule has 10 heteroatoms. The van der Waals surface area contributed by atoms with E-state index in [9.17, 15) is 22.4 Å². The highest BCUT2D eigenvalue weighted by Crippen LogP contribution is 2.24. The summed E-state index contributed by atoms with van der Waals surface area (Å²) >= 11 is 0. The number of hydrogen-bond acceptors (Lipinski definition) is 4. The monoisotopic (exact) mass is 520 g/mol. The Morgan fingerprint density at radius 1 is 1.00 bits per heavy atom. The summed E-state index contributed by atoms with van der Waals surface area (Å²) in [4.78, 5) is 28.3. The lowest BCUT2D eigenvalue weighted by molar-refractivity contribution is -0.140. The van der Waals surface area contributed by atoms with E-state index in [4.69, 9.17) is 0 Å². The van der Waals surface area contributed by atoms with Crippen molar-refractivity contribution in [3.63, 3.8) is 0 Å². The summed E-state index contributed by atoms with van der Waals surface area (Å²) in [6.07, 6.45) is 0.786. The zero-order valence-corrected chi connectivity index (χ0v) is 22.7. The molecule has 0 aliphatic rings. The van der Waals surface area contributed by atoms with Gasteiger partial charge >= 0.3 is 10.2 Å². The van der Waals surface area contributed by atoms with Crippen LogP contribution in [0.4, 0.5) is 10.1 Å². The van der Waals surface area contributed by atoms with Crippen molar-refractivity contribution < 1.29 is 22.4 Å². The van der Waals surface area contributed by atoms with Crippen LogP contribution in [0.25, 0.3) is 0 Å². The Morgan fingerprint density at radius 2 is 1.58 bits per heavy atom. The minimum absolute atomic E-state index is 0.187. The van der Waals surface area contributed by atoms with Crippen molar-refractivity contribution in [2.45, 2.75) is 52.1 Å². The summed E-state index contributed by atoms with van der Waals surface area (Å²) in [5.74, 6) is -1.71. The molecule has 2 aromatic rings. The minimum atomic E-state index is -4.21. The Balaban J connectivity index is 2.46. The van der Waals surface area contributed by atoms with Gasteiger partial charge in [-0.05, 0) is 51.3 Å². The SMILES string of the molecule is CCC(C(=O)NC(C)(C)C)N(CCc1ccccc1)C(=O)CN(c1ccccc1F)S(=O)(=O)N(C)C. The first kappa shape index (κ1) is 29.3. The van der Waals surface area contributed by atoms with Gasteiger partial charge in [-0.15, -0.1) is 0 Å². The van der Waals surface area contributed by atoms with Crippen molar-refractivity contribution in [3.8, 4) is 0 Å². The second kappa shape index (κ2) is 12.3. The second-order valence-corrected chi connectivity index (χ2v) is 11.8. The highest BCUT2D eigenvalue weighted by Gasteiger charge is 2.35. The summed E-state index contributed by atoms with van der Waals surface area (Å²) in [5, 5.41) is 2.91. The van der Waals surface area contributed by atoms with Gasteiger partial charge in [0, 0.05) is 26.2 Å². The van der Waals surface area contributed by atoms with E-state index in [0.29, 0.717) is 12.8 Å². The highest BCUT2D eigenvalue weighted by molar-refractivity contribution is 7.90. The highest BCUT2D eigenvalue weighted by atomic mass is 32.2. The van der Waals surface area contributed by atoms with Gasteiger partial charge in [-0.1, -0.05) is 49.4 Å². The molecular weight excluding hydrogens is 483 g/mol. The molecule has 0 saturated carbocycles. The Hall–Kier alpha value is -2.98. The van der Waals surface area contributed by atoms with E-state index in [1.807, 2.05) is 51.1 Å². The molecule has 0 heterocycles. The van der Waals surface area contributed by atoms with Crippen LogP contribution in [0.15, 0.2) is 54.6 Å². The van der Waals surface area contributed by atoms with Gasteiger partial charge in [-0.25, -0.2) is 8.70 Å². The number of hydrogen-bond donors (Lipinski definition) is 1. The molecule has 8 nitrogen and oxygen atoms in total. The Morgan fingerprint density at radius 3 is 2.11 bits per heavy atom. The van der Waals surface area contributed by atoms with Gasteiger partial charge in [0.1, 0.15) is 18.4 Å². The molecule has 0 radical (unpaired) electrons. The van der Waals surface area contributed by atoms with Crippen LogP contribution in [-0.4, -0.2) is 68.2 Å². The van der Waals surface area contributed by atoms with Crippen LogP contribution < -0.4 is 9.62 Å². The predicted molar refractivity (Wildman–Crippen MR) is 140 cm³/mol. The summed E-state index contributed by atoms with van der Waals surface area (Å²) in [6.45, 7) is 6.86. The maximum absolute atomic E-state index is 14.7. The number of anilines is 1. The van der Waals surface area contributed by atoms with E-state index in [-0.39, 0.29) is 18.1 Å². The normalized spacial score (nSPS) is 12.8. The molecule has 2 aromatic carbocycles. The van der Waals surface area contributed by atoms with Crippen LogP contribution in [0.3, 0.4) is 0 Å². The van der Waals surface area contributed by atoms with Crippen LogP contribution in [0.5, 0.6) is 0 Å². The fourth-order valence-corrected chi connectivity index (χ4v) is 4.77. The lowest BCUT2D eigenvalue weighted by atomic mass is 10.1. The first-order valence-electron chi connectivity index (χ1n) is 11.9. The van der Waals surface area contributed by atoms with Crippen molar-refractivity contribution in [3.05, 3.63) is 66.0 Å². The topological polar surface area (TPSA) is 90.0 Å². The van der Waals surface area contributed by atoms with Gasteiger partial charge in [0.25, 0.3) is 0 Å². The third kappa shape index (κ3) is 7.76. The lowest BCUT2D eigenvalue weighted by Crippen LogP contribution is -2.56. The average Bonchev–Trinajstić information content (AvgIpc) is 2.79. The van der Waals surface area contributed by atoms with E-state index in [0.717, 1.165) is 20.2 Å². The van der Waals surface area contributed by atoms with Crippen LogP contribution in [0, 0.1) is 5.82 Å². The first-order chi connectivity index (χ1) is 16.8. The van der Waals surface area contributed by atoms with Crippen LogP contribution in [0.2, 0.25) is 0 Å². The maximum atomic E-state index is 14.7. The molecule has 2 rings (SSSR count). The third-order valence-electron chi connectivity index (χ3n) is 5.51. The molecule has 0 aliphatic carbocycles. The molecule has 1 unspecified atom stereocenters. The molecule has 0 saturated heterocycles. The number of carbonyl (C=O) groups excluding carboxylic acids is 2. The molecule has 36 heavy (non-hydrogen) atoms. The molecule has 1 N–H and O–H groups in total. The van der Waals surface area contributed by atoms with E-state index < -0.39 is 40.1 Å². The van der Waals surface area contributed by atoms with E-state index in [1.54, 1.807) is 6.92 Å². The van der Waals surface area contributed by atoms with E-state index >= 15 is 0 Å². The summed E-state index contributed by atoms with van der Waals surface area (Å²) in [6, 6.07) is 14.0. The van der Waals surface area contributed by atoms with E-state index in [1.165, 1.54) is 37.2 Å². The van der Waals surface area contributed by atoms with Crippen molar-refractivity contribution >= 4 is 27.7 Å². The minimum Gasteiger partial charge on any atom is -0.350 e. The predicted octanol–water partition coefficient (Wildman–Crippen LogP) is 3.20. The molecule has 198 valence electrons. The maximum Gasteiger partial charge on any atom is 0.304 e. The Labute approximate surface area is 214 Å². The molecular formula is C26H37FN4O4S. The van der Waals surface area contributed by atoms with Crippen molar-refractivity contribution in [2.75, 3.05) is 31.5 Å². The van der Waals surface area contributed by atoms with Gasteiger partial charge in [-0.2, -0.15) is 12.7 Å². The fraction of sp³-hybridized carbons (Fsp3) is 0.462. The van der Waals surface area contributed by atoms with Crippen LogP contribution >= 0.6 is 0 Å². The smallest absolute Gasteiger partial charge is 0.304 e. The molecule has 0 aromatic heterocycles. The van der Waals surface area contributed by atoms with Gasteiger partial charge in [0.15, 0.2) is 0 Å². The van der Waals surface area contributed by atoms with Gasteiger partial charge in [0.2, 0.25) is 11.8 Å². The average molecular weight is 521 g/mol. The molecule has 1 atom stereocenters. The number of benzene rings is 2. The third-order valence-corrected chi connectivity index (χ3v) is 7.31. The Bertz CT molecular complexity index is 1130. The van der Waals surface area contributed by atoms with Crippen LogP contribution in [-0.2, 0) is 26.2 Å². The summed E-state index contributed by atoms with van der Waals surface area (Å²) in [7, 11) is -1.59. The van der Waals surface area contributed by atoms with Gasteiger partial charge in [-0.3, -0.25) is 9.59 Å². The Kier molecular flexibility index (Phi) is 10.0. The fourth-order valence-electron chi connectivity index (χ4n) is 3.70. The number of nitrogens with zero attached hydrogens (tertiary/aromatic N) is 3. The zero-order chi connectivity index (χ0) is 27.1. The van der Waals surface area contributed by atoms with Crippen molar-refractivity contribution in [1.82, 2.24) is 14.5 Å². The number of halogens is 1. The number of para-hydroxylation sites is 1. The van der Waals surface area contributed by atoms with Gasteiger partial charge in [0.05, 0.1) is 5.69 Å². The second-order valence-electron chi connectivity index (χ2n) is 9.73. The molecule has 0 fully saturated rings. The molecule has 0 spiro atoms. The van der Waals surface area contributed by atoms with Crippen molar-refractivity contribution in [2.24, 2.45) is 0 Å². The van der Waals surface area contributed by atoms with Crippen LogP contribution in [0.1, 0.15) is 39.7 Å². The zero-order valence-electron chi connectivity index (χ0n) is 21.9. The van der Waals surface area contributed by atoms with Gasteiger partial charge < -0.3 is 10.2 Å². The standard InChI is InChI=1S/C26H37FN4O4S/c1-7-22(25(33)28-26(2,3)4)30(18-17-20-13-9-8-10-14-20)24(32)19-31(36(34,35)29(5)6)23-16-12-11-15-21(23)27/h8-16,22H,7,17-19H2,1-6H3,(H,28,33). The largest absolute Gasteiger partial charge is 0.350 e. The number of carbonyl (C=O) groups is 2.